The average molecular weight is 403 g/mol. The fourth-order valence-corrected chi connectivity index (χ4v) is 4.65. The fraction of sp³-hybridized carbons (Fsp3) is 0.304. The second kappa shape index (κ2) is 7.93. The van der Waals surface area contributed by atoms with E-state index >= 15 is 0 Å². The number of ether oxygens (including phenoxy) is 1. The monoisotopic (exact) mass is 403 g/mol. The quantitative estimate of drug-likeness (QED) is 0.701. The highest BCUT2D eigenvalue weighted by molar-refractivity contribution is 5.97. The van der Waals surface area contributed by atoms with E-state index < -0.39 is 0 Å². The molecule has 1 aromatic heterocycles. The Morgan fingerprint density at radius 1 is 1.10 bits per heavy atom. The van der Waals surface area contributed by atoms with Crippen LogP contribution in [0, 0.1) is 5.92 Å². The molecule has 3 heterocycles. The van der Waals surface area contributed by atoms with Gasteiger partial charge in [-0.15, -0.1) is 0 Å². The number of carbonyl (C=O) groups is 1. The lowest BCUT2D eigenvalue weighted by Gasteiger charge is -2.36. The molecule has 1 amide bonds. The predicted molar refractivity (Wildman–Crippen MR) is 113 cm³/mol. The molecule has 2 fully saturated rings. The van der Waals surface area contributed by atoms with Crippen molar-refractivity contribution in [2.24, 2.45) is 5.92 Å². The first-order valence-electron chi connectivity index (χ1n) is 10.3. The number of nitrogens with one attached hydrogen (secondary N) is 2. The van der Waals surface area contributed by atoms with Crippen molar-refractivity contribution in [3.05, 3.63) is 78.1 Å². The van der Waals surface area contributed by atoms with E-state index in [2.05, 4.69) is 22.0 Å². The van der Waals surface area contributed by atoms with E-state index in [1.165, 1.54) is 0 Å². The second-order valence-electron chi connectivity index (χ2n) is 7.79. The first-order valence-corrected chi connectivity index (χ1v) is 10.3. The molecule has 0 saturated carbocycles. The Bertz CT molecular complexity index is 1040. The Morgan fingerprint density at radius 3 is 2.77 bits per heavy atom. The molecule has 2 aliphatic heterocycles. The van der Waals surface area contributed by atoms with E-state index in [1.54, 1.807) is 18.0 Å². The zero-order valence-corrected chi connectivity index (χ0v) is 16.9. The molecule has 2 saturated heterocycles. The first-order chi connectivity index (χ1) is 14.8. The topological polar surface area (TPSA) is 71.4 Å². The van der Waals surface area contributed by atoms with Crippen LogP contribution in [-0.2, 0) is 0 Å². The van der Waals surface area contributed by atoms with Gasteiger partial charge in [-0.05, 0) is 30.7 Å². The Hall–Kier alpha value is -3.16. The molecule has 2 aromatic carbocycles. The van der Waals surface area contributed by atoms with Crippen molar-refractivity contribution in [3.63, 3.8) is 0 Å². The molecule has 0 bridgehead atoms. The van der Waals surface area contributed by atoms with Crippen molar-refractivity contribution in [3.8, 4) is 11.4 Å². The van der Waals surface area contributed by atoms with Crippen LogP contribution in [0.1, 0.15) is 28.4 Å². The number of hydrogen-bond donors (Lipinski definition) is 2. The van der Waals surface area contributed by atoms with Gasteiger partial charge in [0.1, 0.15) is 5.75 Å². The van der Waals surface area contributed by atoms with Crippen LogP contribution < -0.4 is 15.6 Å². The zero-order valence-electron chi connectivity index (χ0n) is 16.9. The standard InChI is InChI=1S/C23H25N5O2/c1-30-21-10-5-3-8-17(21)22-18-15-27(14-11-19(18)25-26-22)23(29)16-7-2-4-9-20(16)28-13-6-12-24-28/h2-10,12-13,18-19,22,25-26H,11,14-15H2,1H3. The number of hydrogen-bond acceptors (Lipinski definition) is 5. The van der Waals surface area contributed by atoms with Gasteiger partial charge < -0.3 is 9.64 Å². The van der Waals surface area contributed by atoms with Crippen LogP contribution in [0.3, 0.4) is 0 Å². The lowest BCUT2D eigenvalue weighted by molar-refractivity contribution is 0.0652. The number of hydrazine groups is 1. The Labute approximate surface area is 175 Å². The van der Waals surface area contributed by atoms with Crippen molar-refractivity contribution >= 4 is 5.91 Å². The van der Waals surface area contributed by atoms with Gasteiger partial charge in [0, 0.05) is 43.0 Å². The third kappa shape index (κ3) is 3.26. The smallest absolute Gasteiger partial charge is 0.256 e. The second-order valence-corrected chi connectivity index (χ2v) is 7.79. The molecular formula is C23H25N5O2. The summed E-state index contributed by atoms with van der Waals surface area (Å²) in [5, 5.41) is 4.31. The number of carbonyl (C=O) groups excluding carboxylic acids is 1. The van der Waals surface area contributed by atoms with Crippen molar-refractivity contribution in [1.82, 2.24) is 25.5 Å². The maximum atomic E-state index is 13.5. The summed E-state index contributed by atoms with van der Waals surface area (Å²) >= 11 is 0. The highest BCUT2D eigenvalue weighted by Crippen LogP contribution is 2.37. The maximum Gasteiger partial charge on any atom is 0.256 e. The molecule has 0 aliphatic carbocycles. The van der Waals surface area contributed by atoms with Gasteiger partial charge in [0.15, 0.2) is 0 Å². The van der Waals surface area contributed by atoms with Crippen LogP contribution in [0.5, 0.6) is 5.75 Å². The van der Waals surface area contributed by atoms with E-state index in [9.17, 15) is 4.79 Å². The van der Waals surface area contributed by atoms with Crippen LogP contribution in [0.15, 0.2) is 67.0 Å². The molecule has 3 aromatic rings. The molecule has 7 nitrogen and oxygen atoms in total. The van der Waals surface area contributed by atoms with E-state index in [4.69, 9.17) is 4.74 Å². The molecule has 3 unspecified atom stereocenters. The third-order valence-corrected chi connectivity index (χ3v) is 6.16. The van der Waals surface area contributed by atoms with Crippen LogP contribution in [0.4, 0.5) is 0 Å². The van der Waals surface area contributed by atoms with Gasteiger partial charge in [0.05, 0.1) is 24.4 Å². The number of benzene rings is 2. The normalized spacial score (nSPS) is 23.2. The Kier molecular flexibility index (Phi) is 4.98. The summed E-state index contributed by atoms with van der Waals surface area (Å²) < 4.78 is 7.33. The van der Waals surface area contributed by atoms with Gasteiger partial charge in [-0.2, -0.15) is 5.10 Å². The Morgan fingerprint density at radius 2 is 1.93 bits per heavy atom. The number of para-hydroxylation sites is 2. The minimum Gasteiger partial charge on any atom is -0.496 e. The third-order valence-electron chi connectivity index (χ3n) is 6.16. The van der Waals surface area contributed by atoms with Crippen molar-refractivity contribution in [2.75, 3.05) is 20.2 Å². The lowest BCUT2D eigenvalue weighted by Crippen LogP contribution is -2.48. The molecule has 30 heavy (non-hydrogen) atoms. The summed E-state index contributed by atoms with van der Waals surface area (Å²) in [6.07, 6.45) is 4.49. The molecule has 3 atom stereocenters. The summed E-state index contributed by atoms with van der Waals surface area (Å²) in [4.78, 5) is 15.5. The summed E-state index contributed by atoms with van der Waals surface area (Å²) in [5.41, 5.74) is 9.47. The van der Waals surface area contributed by atoms with Crippen molar-refractivity contribution in [1.29, 1.82) is 0 Å². The number of nitrogens with zero attached hydrogens (tertiary/aromatic N) is 3. The number of fused-ring (bicyclic) bond motifs is 1. The largest absolute Gasteiger partial charge is 0.496 e. The number of amides is 1. The van der Waals surface area contributed by atoms with Gasteiger partial charge in [-0.25, -0.2) is 10.1 Å². The number of aromatic nitrogens is 2. The van der Waals surface area contributed by atoms with Gasteiger partial charge in [0.2, 0.25) is 0 Å². The van der Waals surface area contributed by atoms with E-state index in [0.717, 1.165) is 30.0 Å². The molecule has 2 aliphatic rings. The summed E-state index contributed by atoms with van der Waals surface area (Å²) in [6.45, 7) is 1.40. The van der Waals surface area contributed by atoms with E-state index in [1.807, 2.05) is 59.6 Å². The summed E-state index contributed by atoms with van der Waals surface area (Å²) in [7, 11) is 1.70. The van der Waals surface area contributed by atoms with Gasteiger partial charge in [-0.3, -0.25) is 10.2 Å². The van der Waals surface area contributed by atoms with Gasteiger partial charge in [-0.1, -0.05) is 30.3 Å². The number of rotatable bonds is 4. The number of piperidine rings is 1. The molecule has 7 heteroatoms. The molecule has 0 spiro atoms. The van der Waals surface area contributed by atoms with Crippen LogP contribution in [0.2, 0.25) is 0 Å². The lowest BCUT2D eigenvalue weighted by atomic mass is 9.84. The summed E-state index contributed by atoms with van der Waals surface area (Å²) in [6, 6.07) is 18.0. The first kappa shape index (κ1) is 18.8. The predicted octanol–water partition coefficient (Wildman–Crippen LogP) is 2.56. The number of likely N-dealkylation sites (tertiary alicyclic amines) is 1. The molecule has 0 radical (unpaired) electrons. The van der Waals surface area contributed by atoms with Crippen LogP contribution >= 0.6 is 0 Å². The SMILES string of the molecule is COc1ccccc1C1NNC2CCN(C(=O)c3ccccc3-n3cccn3)CC21. The van der Waals surface area contributed by atoms with Crippen molar-refractivity contribution < 1.29 is 9.53 Å². The summed E-state index contributed by atoms with van der Waals surface area (Å²) in [5.74, 6) is 1.17. The van der Waals surface area contributed by atoms with Crippen molar-refractivity contribution in [2.45, 2.75) is 18.5 Å². The zero-order chi connectivity index (χ0) is 20.5. The van der Waals surface area contributed by atoms with E-state index in [0.29, 0.717) is 18.2 Å². The Balaban J connectivity index is 1.41. The highest BCUT2D eigenvalue weighted by atomic mass is 16.5. The maximum absolute atomic E-state index is 13.5. The minimum absolute atomic E-state index is 0.0465. The number of methoxy groups -OCH3 is 1. The van der Waals surface area contributed by atoms with Crippen LogP contribution in [0.25, 0.3) is 5.69 Å². The molecule has 154 valence electrons. The molecular weight excluding hydrogens is 378 g/mol. The van der Waals surface area contributed by atoms with Gasteiger partial charge in [0.25, 0.3) is 5.91 Å². The minimum atomic E-state index is 0.0465. The van der Waals surface area contributed by atoms with Gasteiger partial charge >= 0.3 is 0 Å². The van der Waals surface area contributed by atoms with Crippen LogP contribution in [-0.4, -0.2) is 46.8 Å². The fourth-order valence-electron chi connectivity index (χ4n) is 4.65. The average Bonchev–Trinajstić information content (AvgIpc) is 3.48. The van der Waals surface area contributed by atoms with E-state index in [-0.39, 0.29) is 17.9 Å². The molecule has 2 N–H and O–H groups in total. The highest BCUT2D eigenvalue weighted by Gasteiger charge is 2.42. The molecule has 5 rings (SSSR count).